The molecule has 1 aliphatic heterocycles. The molecule has 0 saturated carbocycles. The molecule has 1 fully saturated rings. The standard InChI is InChI=1S/C22H28N2O3S/c1-17(19-8-10-21(11-9-19)28(2,26)27)23-22(25)20-12-14-24(15-13-20)16-18-6-4-3-5-7-18/h3-11,17,20H,12-16H2,1-2H3,(H,23,25)/t17-/m0/s1. The molecule has 1 N–H and O–H groups in total. The molecule has 1 aliphatic rings. The van der Waals surface area contributed by atoms with Crippen LogP contribution in [0.3, 0.4) is 0 Å². The molecule has 28 heavy (non-hydrogen) atoms. The van der Waals surface area contributed by atoms with Crippen molar-refractivity contribution in [2.24, 2.45) is 5.92 Å². The van der Waals surface area contributed by atoms with Crippen LogP contribution in [0.1, 0.15) is 36.9 Å². The van der Waals surface area contributed by atoms with Crippen molar-refractivity contribution in [3.05, 3.63) is 65.7 Å². The first kappa shape index (κ1) is 20.6. The van der Waals surface area contributed by atoms with Crippen molar-refractivity contribution in [3.63, 3.8) is 0 Å². The summed E-state index contributed by atoms with van der Waals surface area (Å²) >= 11 is 0. The molecule has 0 spiro atoms. The Morgan fingerprint density at radius 3 is 2.25 bits per heavy atom. The Morgan fingerprint density at radius 2 is 1.68 bits per heavy atom. The number of sulfone groups is 1. The number of nitrogens with zero attached hydrogens (tertiary/aromatic N) is 1. The molecule has 1 saturated heterocycles. The zero-order valence-corrected chi connectivity index (χ0v) is 17.3. The zero-order valence-electron chi connectivity index (χ0n) is 16.5. The molecule has 3 rings (SSSR count). The van der Waals surface area contributed by atoms with Gasteiger partial charge in [-0.3, -0.25) is 9.69 Å². The number of likely N-dealkylation sites (tertiary alicyclic amines) is 1. The number of amides is 1. The summed E-state index contributed by atoms with van der Waals surface area (Å²) in [6.45, 7) is 4.70. The summed E-state index contributed by atoms with van der Waals surface area (Å²) in [6, 6.07) is 17.0. The lowest BCUT2D eigenvalue weighted by atomic mass is 9.95. The van der Waals surface area contributed by atoms with E-state index in [1.54, 1.807) is 24.3 Å². The third-order valence-corrected chi connectivity index (χ3v) is 6.50. The van der Waals surface area contributed by atoms with Crippen LogP contribution in [-0.4, -0.2) is 38.6 Å². The number of benzene rings is 2. The summed E-state index contributed by atoms with van der Waals surface area (Å²) in [5, 5.41) is 3.08. The van der Waals surface area contributed by atoms with Gasteiger partial charge in [0.05, 0.1) is 10.9 Å². The Labute approximate surface area is 167 Å². The number of piperidine rings is 1. The second-order valence-corrected chi connectivity index (χ2v) is 9.62. The van der Waals surface area contributed by atoms with Crippen molar-refractivity contribution >= 4 is 15.7 Å². The van der Waals surface area contributed by atoms with E-state index < -0.39 is 9.84 Å². The maximum Gasteiger partial charge on any atom is 0.223 e. The second kappa shape index (κ2) is 8.88. The molecule has 5 nitrogen and oxygen atoms in total. The lowest BCUT2D eigenvalue weighted by Gasteiger charge is -2.32. The lowest BCUT2D eigenvalue weighted by Crippen LogP contribution is -2.40. The molecule has 0 bridgehead atoms. The molecule has 1 atom stereocenters. The average molecular weight is 401 g/mol. The number of nitrogens with one attached hydrogen (secondary N) is 1. The fraction of sp³-hybridized carbons (Fsp3) is 0.409. The van der Waals surface area contributed by atoms with Crippen molar-refractivity contribution in [3.8, 4) is 0 Å². The van der Waals surface area contributed by atoms with Gasteiger partial charge in [0, 0.05) is 18.7 Å². The van der Waals surface area contributed by atoms with E-state index in [1.165, 1.54) is 11.8 Å². The molecule has 2 aromatic carbocycles. The molecule has 2 aromatic rings. The van der Waals surface area contributed by atoms with E-state index in [2.05, 4.69) is 34.5 Å². The first-order valence-electron chi connectivity index (χ1n) is 9.69. The number of hydrogen-bond acceptors (Lipinski definition) is 4. The topological polar surface area (TPSA) is 66.5 Å². The van der Waals surface area contributed by atoms with Crippen molar-refractivity contribution in [1.29, 1.82) is 0 Å². The minimum atomic E-state index is -3.21. The van der Waals surface area contributed by atoms with Crippen LogP contribution in [0.5, 0.6) is 0 Å². The van der Waals surface area contributed by atoms with E-state index in [1.807, 2.05) is 13.0 Å². The second-order valence-electron chi connectivity index (χ2n) is 7.61. The predicted molar refractivity (Wildman–Crippen MR) is 111 cm³/mol. The number of rotatable bonds is 6. The highest BCUT2D eigenvalue weighted by molar-refractivity contribution is 7.90. The minimum Gasteiger partial charge on any atom is -0.349 e. The number of carbonyl (C=O) groups is 1. The fourth-order valence-corrected chi connectivity index (χ4v) is 4.24. The summed E-state index contributed by atoms with van der Waals surface area (Å²) in [4.78, 5) is 15.3. The predicted octanol–water partition coefficient (Wildman–Crippen LogP) is 3.18. The van der Waals surface area contributed by atoms with Crippen molar-refractivity contribution in [2.75, 3.05) is 19.3 Å². The summed E-state index contributed by atoms with van der Waals surface area (Å²) in [5.74, 6) is 0.115. The van der Waals surface area contributed by atoms with Crippen LogP contribution in [0.2, 0.25) is 0 Å². The molecule has 0 radical (unpaired) electrons. The highest BCUT2D eigenvalue weighted by atomic mass is 32.2. The van der Waals surface area contributed by atoms with E-state index in [0.29, 0.717) is 4.90 Å². The van der Waals surface area contributed by atoms with E-state index >= 15 is 0 Å². The van der Waals surface area contributed by atoms with Crippen LogP contribution in [0.15, 0.2) is 59.5 Å². The molecule has 0 unspecified atom stereocenters. The zero-order chi connectivity index (χ0) is 20.1. The van der Waals surface area contributed by atoms with E-state index in [0.717, 1.165) is 38.0 Å². The quantitative estimate of drug-likeness (QED) is 0.809. The molecule has 0 aliphatic carbocycles. The maximum absolute atomic E-state index is 12.6. The maximum atomic E-state index is 12.6. The van der Waals surface area contributed by atoms with Crippen LogP contribution in [-0.2, 0) is 21.2 Å². The van der Waals surface area contributed by atoms with Crippen molar-refractivity contribution < 1.29 is 13.2 Å². The van der Waals surface area contributed by atoms with Gasteiger partial charge in [-0.25, -0.2) is 8.42 Å². The van der Waals surface area contributed by atoms with Gasteiger partial charge in [0.25, 0.3) is 0 Å². The van der Waals surface area contributed by atoms with Gasteiger partial charge in [-0.1, -0.05) is 42.5 Å². The Morgan fingerprint density at radius 1 is 1.07 bits per heavy atom. The summed E-state index contributed by atoms with van der Waals surface area (Å²) in [5.41, 5.74) is 2.21. The summed E-state index contributed by atoms with van der Waals surface area (Å²) < 4.78 is 23.1. The summed E-state index contributed by atoms with van der Waals surface area (Å²) in [6.07, 6.45) is 2.91. The normalized spacial score (nSPS) is 17.2. The largest absolute Gasteiger partial charge is 0.349 e. The van der Waals surface area contributed by atoms with E-state index in [9.17, 15) is 13.2 Å². The van der Waals surface area contributed by atoms with Crippen LogP contribution < -0.4 is 5.32 Å². The molecule has 1 heterocycles. The van der Waals surface area contributed by atoms with Crippen LogP contribution >= 0.6 is 0 Å². The minimum absolute atomic E-state index is 0.0322. The van der Waals surface area contributed by atoms with Gasteiger partial charge in [0.1, 0.15) is 0 Å². The van der Waals surface area contributed by atoms with Crippen LogP contribution in [0, 0.1) is 5.92 Å². The average Bonchev–Trinajstić information content (AvgIpc) is 2.68. The molecule has 0 aromatic heterocycles. The van der Waals surface area contributed by atoms with Gasteiger partial charge in [-0.05, 0) is 56.1 Å². The molecule has 6 heteroatoms. The highest BCUT2D eigenvalue weighted by Crippen LogP contribution is 2.22. The Hall–Kier alpha value is -2.18. The highest BCUT2D eigenvalue weighted by Gasteiger charge is 2.26. The number of carbonyl (C=O) groups excluding carboxylic acids is 1. The Kier molecular flexibility index (Phi) is 6.52. The van der Waals surface area contributed by atoms with Gasteiger partial charge in [-0.15, -0.1) is 0 Å². The SMILES string of the molecule is C[C@H](NC(=O)C1CCN(Cc2ccccc2)CC1)c1ccc(S(C)(=O)=O)cc1. The van der Waals surface area contributed by atoms with Gasteiger partial charge in [-0.2, -0.15) is 0 Å². The van der Waals surface area contributed by atoms with Crippen LogP contribution in [0.25, 0.3) is 0 Å². The smallest absolute Gasteiger partial charge is 0.223 e. The van der Waals surface area contributed by atoms with Gasteiger partial charge < -0.3 is 5.32 Å². The van der Waals surface area contributed by atoms with Crippen molar-refractivity contribution in [2.45, 2.75) is 37.2 Å². The van der Waals surface area contributed by atoms with E-state index in [4.69, 9.17) is 0 Å². The molecule has 1 amide bonds. The first-order chi connectivity index (χ1) is 13.3. The molecular formula is C22H28N2O3S. The van der Waals surface area contributed by atoms with Crippen LogP contribution in [0.4, 0.5) is 0 Å². The van der Waals surface area contributed by atoms with Gasteiger partial charge >= 0.3 is 0 Å². The Balaban J connectivity index is 1.50. The third-order valence-electron chi connectivity index (χ3n) is 5.37. The molecular weight excluding hydrogens is 372 g/mol. The summed E-state index contributed by atoms with van der Waals surface area (Å²) in [7, 11) is -3.21. The van der Waals surface area contributed by atoms with E-state index in [-0.39, 0.29) is 17.9 Å². The molecule has 150 valence electrons. The van der Waals surface area contributed by atoms with Crippen molar-refractivity contribution in [1.82, 2.24) is 10.2 Å². The first-order valence-corrected chi connectivity index (χ1v) is 11.6. The Bertz CT molecular complexity index is 887. The van der Waals surface area contributed by atoms with Gasteiger partial charge in [0.2, 0.25) is 5.91 Å². The van der Waals surface area contributed by atoms with Gasteiger partial charge in [0.15, 0.2) is 9.84 Å². The monoisotopic (exact) mass is 400 g/mol. The number of hydrogen-bond donors (Lipinski definition) is 1. The third kappa shape index (κ3) is 5.42. The lowest BCUT2D eigenvalue weighted by molar-refractivity contribution is -0.127. The fourth-order valence-electron chi connectivity index (χ4n) is 3.61.